The lowest BCUT2D eigenvalue weighted by atomic mass is 10.1. The number of pyridine rings is 1. The van der Waals surface area contributed by atoms with Crippen molar-refractivity contribution in [2.45, 2.75) is 0 Å². The van der Waals surface area contributed by atoms with E-state index in [2.05, 4.69) is 9.97 Å². The van der Waals surface area contributed by atoms with E-state index in [9.17, 15) is 0 Å². The number of imidazole rings is 1. The number of hydrogen-bond acceptors (Lipinski definition) is 3. The van der Waals surface area contributed by atoms with Gasteiger partial charge in [0, 0.05) is 13.2 Å². The van der Waals surface area contributed by atoms with Crippen LogP contribution >= 0.6 is 0 Å². The predicted octanol–water partition coefficient (Wildman–Crippen LogP) is 0.487. The number of aryl methyl sites for hydroxylation is 1. The van der Waals surface area contributed by atoms with E-state index in [1.54, 1.807) is 6.20 Å². The Morgan fingerprint density at radius 2 is 2.19 bits per heavy atom. The Labute approximate surface area is 93.3 Å². The quantitative estimate of drug-likeness (QED) is 0.550. The lowest BCUT2D eigenvalue weighted by molar-refractivity contribution is 0.608. The van der Waals surface area contributed by atoms with Gasteiger partial charge in [0.25, 0.3) is 0 Å². The van der Waals surface area contributed by atoms with E-state index >= 15 is 0 Å². The molecule has 78 valence electrons. The molecule has 0 aliphatic rings. The van der Waals surface area contributed by atoms with Crippen LogP contribution in [-0.4, -0.2) is 22.4 Å². The van der Waals surface area contributed by atoms with Gasteiger partial charge in [0.2, 0.25) is 0 Å². The molecule has 3 aromatic heterocycles. The molecule has 0 amide bonds. The molecular weight excluding hydrogens is 201 g/mol. The standard InChI is InChI=1S/C11H10BN3O/c1-15-8-6-13-5-4-7(8)14-11(15)9-2-3-10(12)16-9/h2-6H,12H2,1H3. The van der Waals surface area contributed by atoms with Crippen LogP contribution in [0.15, 0.2) is 35.0 Å². The van der Waals surface area contributed by atoms with Crippen LogP contribution in [0.4, 0.5) is 0 Å². The molecule has 0 aliphatic heterocycles. The van der Waals surface area contributed by atoms with Gasteiger partial charge < -0.3 is 8.98 Å². The topological polar surface area (TPSA) is 43.9 Å². The number of rotatable bonds is 1. The molecule has 5 heteroatoms. The second-order valence-corrected chi connectivity index (χ2v) is 3.77. The van der Waals surface area contributed by atoms with Gasteiger partial charge in [-0.25, -0.2) is 4.98 Å². The normalized spacial score (nSPS) is 11.1. The third kappa shape index (κ3) is 1.25. The Morgan fingerprint density at radius 3 is 2.88 bits per heavy atom. The second kappa shape index (κ2) is 3.23. The van der Waals surface area contributed by atoms with Crippen molar-refractivity contribution in [3.63, 3.8) is 0 Å². The first kappa shape index (κ1) is 9.21. The largest absolute Gasteiger partial charge is 0.469 e. The van der Waals surface area contributed by atoms with Crippen molar-refractivity contribution >= 4 is 24.5 Å². The maximum absolute atomic E-state index is 5.58. The Balaban J connectivity index is 2.28. The summed E-state index contributed by atoms with van der Waals surface area (Å²) in [6.45, 7) is 0. The van der Waals surface area contributed by atoms with Gasteiger partial charge >= 0.3 is 0 Å². The predicted molar refractivity (Wildman–Crippen MR) is 64.4 cm³/mol. The van der Waals surface area contributed by atoms with Gasteiger partial charge in [-0.3, -0.25) is 4.98 Å². The van der Waals surface area contributed by atoms with Gasteiger partial charge in [0.05, 0.1) is 22.9 Å². The van der Waals surface area contributed by atoms with Gasteiger partial charge in [-0.15, -0.1) is 0 Å². The zero-order chi connectivity index (χ0) is 11.1. The summed E-state index contributed by atoms with van der Waals surface area (Å²) >= 11 is 0. The van der Waals surface area contributed by atoms with Crippen LogP contribution in [0, 0.1) is 0 Å². The Hall–Kier alpha value is -2.04. The maximum atomic E-state index is 5.58. The van der Waals surface area contributed by atoms with Crippen molar-refractivity contribution in [3.05, 3.63) is 30.6 Å². The summed E-state index contributed by atoms with van der Waals surface area (Å²) in [7, 11) is 3.89. The fourth-order valence-corrected chi connectivity index (χ4v) is 1.81. The number of nitrogens with zero attached hydrogens (tertiary/aromatic N) is 3. The minimum atomic E-state index is 0.788. The Morgan fingerprint density at radius 1 is 1.31 bits per heavy atom. The molecule has 3 aromatic rings. The highest BCUT2D eigenvalue weighted by molar-refractivity contribution is 6.29. The second-order valence-electron chi connectivity index (χ2n) is 3.77. The molecule has 0 saturated carbocycles. The van der Waals surface area contributed by atoms with E-state index in [0.717, 1.165) is 28.3 Å². The average molecular weight is 211 g/mol. The molecule has 0 N–H and O–H groups in total. The summed E-state index contributed by atoms with van der Waals surface area (Å²) in [5.41, 5.74) is 2.83. The van der Waals surface area contributed by atoms with Crippen LogP contribution in [0.1, 0.15) is 0 Å². The summed E-state index contributed by atoms with van der Waals surface area (Å²) in [4.78, 5) is 8.62. The molecule has 0 aromatic carbocycles. The highest BCUT2D eigenvalue weighted by Crippen LogP contribution is 2.22. The van der Waals surface area contributed by atoms with Crippen molar-refractivity contribution < 1.29 is 4.42 Å². The van der Waals surface area contributed by atoms with E-state index in [0.29, 0.717) is 0 Å². The Kier molecular flexibility index (Phi) is 1.86. The zero-order valence-corrected chi connectivity index (χ0v) is 9.14. The number of hydrogen-bond donors (Lipinski definition) is 0. The molecule has 3 rings (SSSR count). The van der Waals surface area contributed by atoms with Gasteiger partial charge in [0.1, 0.15) is 0 Å². The molecule has 0 saturated heterocycles. The van der Waals surface area contributed by atoms with E-state index < -0.39 is 0 Å². The summed E-state index contributed by atoms with van der Waals surface area (Å²) in [6, 6.07) is 5.77. The summed E-state index contributed by atoms with van der Waals surface area (Å²) in [5.74, 6) is 1.62. The monoisotopic (exact) mass is 211 g/mol. The fraction of sp³-hybridized carbons (Fsp3) is 0.0909. The zero-order valence-electron chi connectivity index (χ0n) is 9.14. The molecule has 0 aliphatic carbocycles. The third-order valence-corrected chi connectivity index (χ3v) is 2.64. The molecule has 0 bridgehead atoms. The highest BCUT2D eigenvalue weighted by atomic mass is 16.3. The molecule has 0 unspecified atom stereocenters. The van der Waals surface area contributed by atoms with Crippen molar-refractivity contribution in [2.75, 3.05) is 0 Å². The molecule has 0 radical (unpaired) electrons. The van der Waals surface area contributed by atoms with Crippen LogP contribution in [0.5, 0.6) is 0 Å². The summed E-state index contributed by atoms with van der Waals surface area (Å²) in [5, 5.41) is 0. The molecule has 0 atom stereocenters. The molecule has 3 heterocycles. The SMILES string of the molecule is Bc1ccc(-c2nc3ccncc3n2C)o1. The van der Waals surface area contributed by atoms with Crippen molar-refractivity contribution in [1.82, 2.24) is 14.5 Å². The van der Waals surface area contributed by atoms with Gasteiger partial charge in [-0.2, -0.15) is 0 Å². The molecular formula is C11H10BN3O. The van der Waals surface area contributed by atoms with Crippen LogP contribution in [-0.2, 0) is 7.05 Å². The lowest BCUT2D eigenvalue weighted by Gasteiger charge is -1.97. The van der Waals surface area contributed by atoms with Gasteiger partial charge in [-0.1, -0.05) is 0 Å². The maximum Gasteiger partial charge on any atom is 0.186 e. The van der Waals surface area contributed by atoms with Crippen LogP contribution in [0.25, 0.3) is 22.6 Å². The molecule has 0 fully saturated rings. The molecule has 4 nitrogen and oxygen atoms in total. The first-order valence-corrected chi connectivity index (χ1v) is 5.09. The minimum Gasteiger partial charge on any atom is -0.469 e. The van der Waals surface area contributed by atoms with Crippen LogP contribution in [0.3, 0.4) is 0 Å². The average Bonchev–Trinajstić information content (AvgIpc) is 2.84. The number of furan rings is 1. The van der Waals surface area contributed by atoms with Crippen molar-refractivity contribution in [3.8, 4) is 11.6 Å². The highest BCUT2D eigenvalue weighted by Gasteiger charge is 2.12. The van der Waals surface area contributed by atoms with E-state index in [1.807, 2.05) is 43.9 Å². The van der Waals surface area contributed by atoms with Gasteiger partial charge in [-0.05, 0) is 18.2 Å². The number of aromatic nitrogens is 3. The molecule has 16 heavy (non-hydrogen) atoms. The van der Waals surface area contributed by atoms with E-state index in [4.69, 9.17) is 4.42 Å². The van der Waals surface area contributed by atoms with Crippen molar-refractivity contribution in [2.24, 2.45) is 7.05 Å². The van der Waals surface area contributed by atoms with E-state index in [-0.39, 0.29) is 0 Å². The van der Waals surface area contributed by atoms with Crippen molar-refractivity contribution in [1.29, 1.82) is 0 Å². The summed E-state index contributed by atoms with van der Waals surface area (Å²) in [6.07, 6.45) is 3.55. The van der Waals surface area contributed by atoms with Gasteiger partial charge in [0.15, 0.2) is 19.4 Å². The van der Waals surface area contributed by atoms with Crippen LogP contribution in [0.2, 0.25) is 0 Å². The molecule has 0 spiro atoms. The summed E-state index contributed by atoms with van der Waals surface area (Å²) < 4.78 is 7.56. The third-order valence-electron chi connectivity index (χ3n) is 2.64. The van der Waals surface area contributed by atoms with E-state index in [1.165, 1.54) is 0 Å². The Bertz CT molecular complexity index is 656. The minimum absolute atomic E-state index is 0.788. The van der Waals surface area contributed by atoms with Crippen LogP contribution < -0.4 is 5.66 Å². The number of fused-ring (bicyclic) bond motifs is 1. The first-order chi connectivity index (χ1) is 7.75. The lowest BCUT2D eigenvalue weighted by Crippen LogP contribution is -1.95. The fourth-order valence-electron chi connectivity index (χ4n) is 1.81. The smallest absolute Gasteiger partial charge is 0.186 e. The first-order valence-electron chi connectivity index (χ1n) is 5.09.